The van der Waals surface area contributed by atoms with Crippen LogP contribution in [-0.4, -0.2) is 26.7 Å². The molecule has 1 unspecified atom stereocenters. The highest BCUT2D eigenvalue weighted by molar-refractivity contribution is 7.18. The summed E-state index contributed by atoms with van der Waals surface area (Å²) in [5.74, 6) is -0.0901. The van der Waals surface area contributed by atoms with Crippen LogP contribution in [0.1, 0.15) is 33.5 Å². The molecule has 2 heterocycles. The second-order valence-corrected chi connectivity index (χ2v) is 8.06. The Kier molecular flexibility index (Phi) is 5.21. The SMILES string of the molecule is CC(Cc1nc2ccccc2s1)NC(=O)c1cnn(C)c1Cc1ccccc1. The summed E-state index contributed by atoms with van der Waals surface area (Å²) in [5.41, 5.74) is 3.71. The molecule has 2 aromatic heterocycles. The van der Waals surface area contributed by atoms with Crippen LogP contribution in [0.5, 0.6) is 0 Å². The molecule has 0 saturated heterocycles. The highest BCUT2D eigenvalue weighted by Crippen LogP contribution is 2.22. The molecule has 4 rings (SSSR count). The number of carbonyl (C=O) groups excluding carboxylic acids is 1. The fourth-order valence-electron chi connectivity index (χ4n) is 3.27. The number of carbonyl (C=O) groups is 1. The number of nitrogens with zero attached hydrogens (tertiary/aromatic N) is 3. The summed E-state index contributed by atoms with van der Waals surface area (Å²) < 4.78 is 2.95. The van der Waals surface area contributed by atoms with Gasteiger partial charge in [0.2, 0.25) is 0 Å². The van der Waals surface area contributed by atoms with Crippen LogP contribution >= 0.6 is 11.3 Å². The summed E-state index contributed by atoms with van der Waals surface area (Å²) in [7, 11) is 1.87. The molecule has 1 N–H and O–H groups in total. The van der Waals surface area contributed by atoms with E-state index >= 15 is 0 Å². The predicted octanol–water partition coefficient (Wildman–Crippen LogP) is 3.98. The molecule has 0 bridgehead atoms. The van der Waals surface area contributed by atoms with Crippen molar-refractivity contribution in [2.24, 2.45) is 7.05 Å². The third kappa shape index (κ3) is 3.97. The molecule has 0 fully saturated rings. The zero-order chi connectivity index (χ0) is 19.5. The number of aryl methyl sites for hydroxylation is 1. The third-order valence-electron chi connectivity index (χ3n) is 4.72. The standard InChI is InChI=1S/C22H22N4OS/c1-15(12-21-25-18-10-6-7-11-20(18)28-21)24-22(27)17-14-23-26(2)19(17)13-16-8-4-3-5-9-16/h3-11,14-15H,12-13H2,1-2H3,(H,24,27). The van der Waals surface area contributed by atoms with Crippen LogP contribution in [0.3, 0.4) is 0 Å². The van der Waals surface area contributed by atoms with Crippen LogP contribution in [0.2, 0.25) is 0 Å². The van der Waals surface area contributed by atoms with Crippen LogP contribution in [-0.2, 0) is 19.9 Å². The van der Waals surface area contributed by atoms with E-state index < -0.39 is 0 Å². The summed E-state index contributed by atoms with van der Waals surface area (Å²) in [6.07, 6.45) is 3.03. The molecule has 1 amide bonds. The number of aromatic nitrogens is 3. The molecular formula is C22H22N4OS. The van der Waals surface area contributed by atoms with Gasteiger partial charge in [-0.15, -0.1) is 11.3 Å². The fraction of sp³-hybridized carbons (Fsp3) is 0.227. The van der Waals surface area contributed by atoms with Crippen LogP contribution < -0.4 is 5.32 Å². The molecule has 0 aliphatic rings. The first kappa shape index (κ1) is 18.4. The molecule has 0 aliphatic heterocycles. The van der Waals surface area contributed by atoms with Crippen LogP contribution in [0, 0.1) is 0 Å². The molecule has 28 heavy (non-hydrogen) atoms. The Morgan fingerprint density at radius 2 is 1.89 bits per heavy atom. The minimum Gasteiger partial charge on any atom is -0.349 e. The Morgan fingerprint density at radius 3 is 2.68 bits per heavy atom. The Morgan fingerprint density at radius 1 is 1.14 bits per heavy atom. The average molecular weight is 391 g/mol. The lowest BCUT2D eigenvalue weighted by atomic mass is 10.1. The summed E-state index contributed by atoms with van der Waals surface area (Å²) in [6.45, 7) is 2.01. The molecule has 6 heteroatoms. The Bertz CT molecular complexity index is 1070. The largest absolute Gasteiger partial charge is 0.349 e. The quantitative estimate of drug-likeness (QED) is 0.542. The summed E-state index contributed by atoms with van der Waals surface area (Å²) in [4.78, 5) is 17.5. The number of thiazole rings is 1. The minimum absolute atomic E-state index is 0.0159. The van der Waals surface area contributed by atoms with Gasteiger partial charge in [0.1, 0.15) is 0 Å². The number of fused-ring (bicyclic) bond motifs is 1. The zero-order valence-corrected chi connectivity index (χ0v) is 16.7. The number of nitrogens with one attached hydrogen (secondary N) is 1. The minimum atomic E-state index is -0.0901. The number of benzene rings is 2. The molecule has 1 atom stereocenters. The maximum absolute atomic E-state index is 12.9. The van der Waals surface area contributed by atoms with Gasteiger partial charge in [-0.05, 0) is 24.6 Å². The van der Waals surface area contributed by atoms with Gasteiger partial charge in [-0.25, -0.2) is 4.98 Å². The van der Waals surface area contributed by atoms with E-state index in [1.54, 1.807) is 22.2 Å². The highest BCUT2D eigenvalue weighted by Gasteiger charge is 2.19. The van der Waals surface area contributed by atoms with Crippen molar-refractivity contribution in [2.75, 3.05) is 0 Å². The van der Waals surface area contributed by atoms with Gasteiger partial charge in [0.15, 0.2) is 0 Å². The average Bonchev–Trinajstić information content (AvgIpc) is 3.25. The molecule has 5 nitrogen and oxygen atoms in total. The number of rotatable bonds is 6. The monoisotopic (exact) mass is 390 g/mol. The van der Waals surface area contributed by atoms with E-state index in [1.165, 1.54) is 4.70 Å². The number of hydrogen-bond acceptors (Lipinski definition) is 4. The van der Waals surface area contributed by atoms with Crippen molar-refractivity contribution >= 4 is 27.5 Å². The lowest BCUT2D eigenvalue weighted by Gasteiger charge is -2.13. The van der Waals surface area contributed by atoms with Gasteiger partial charge in [-0.3, -0.25) is 9.48 Å². The highest BCUT2D eigenvalue weighted by atomic mass is 32.1. The number of hydrogen-bond donors (Lipinski definition) is 1. The van der Waals surface area contributed by atoms with E-state index in [0.29, 0.717) is 18.4 Å². The second-order valence-electron chi connectivity index (χ2n) is 6.94. The first-order chi connectivity index (χ1) is 13.6. The number of para-hydroxylation sites is 1. The third-order valence-corrected chi connectivity index (χ3v) is 5.78. The van der Waals surface area contributed by atoms with Crippen LogP contribution in [0.15, 0.2) is 60.8 Å². The van der Waals surface area contributed by atoms with Crippen molar-refractivity contribution in [1.82, 2.24) is 20.1 Å². The molecule has 4 aromatic rings. The van der Waals surface area contributed by atoms with E-state index in [9.17, 15) is 4.79 Å². The Balaban J connectivity index is 1.46. The van der Waals surface area contributed by atoms with Crippen LogP contribution in [0.4, 0.5) is 0 Å². The lowest BCUT2D eigenvalue weighted by molar-refractivity contribution is 0.0939. The van der Waals surface area contributed by atoms with Gasteiger partial charge in [0.25, 0.3) is 5.91 Å². The first-order valence-electron chi connectivity index (χ1n) is 9.30. The molecule has 0 radical (unpaired) electrons. The Labute approximate surface area is 168 Å². The van der Waals surface area contributed by atoms with Gasteiger partial charge in [0.05, 0.1) is 32.7 Å². The van der Waals surface area contributed by atoms with Crippen LogP contribution in [0.25, 0.3) is 10.2 Å². The number of amides is 1. The van der Waals surface area contributed by atoms with Crippen molar-refractivity contribution in [2.45, 2.75) is 25.8 Å². The smallest absolute Gasteiger partial charge is 0.254 e. The van der Waals surface area contributed by atoms with Gasteiger partial charge >= 0.3 is 0 Å². The topological polar surface area (TPSA) is 59.8 Å². The van der Waals surface area contributed by atoms with Crippen molar-refractivity contribution in [3.05, 3.63) is 82.6 Å². The summed E-state index contributed by atoms with van der Waals surface area (Å²) >= 11 is 1.68. The van der Waals surface area contributed by atoms with Crippen molar-refractivity contribution in [3.63, 3.8) is 0 Å². The van der Waals surface area contributed by atoms with E-state index in [2.05, 4.69) is 33.6 Å². The molecule has 2 aromatic carbocycles. The van der Waals surface area contributed by atoms with E-state index in [1.807, 2.05) is 50.4 Å². The second kappa shape index (κ2) is 7.94. The van der Waals surface area contributed by atoms with Crippen molar-refractivity contribution in [3.8, 4) is 0 Å². The van der Waals surface area contributed by atoms with E-state index in [-0.39, 0.29) is 11.9 Å². The van der Waals surface area contributed by atoms with Crippen molar-refractivity contribution < 1.29 is 4.79 Å². The molecule has 0 aliphatic carbocycles. The molecular weight excluding hydrogens is 368 g/mol. The molecule has 0 saturated carbocycles. The van der Waals surface area contributed by atoms with Gasteiger partial charge < -0.3 is 5.32 Å². The maximum Gasteiger partial charge on any atom is 0.254 e. The predicted molar refractivity (Wildman–Crippen MR) is 113 cm³/mol. The van der Waals surface area contributed by atoms with Crippen molar-refractivity contribution in [1.29, 1.82) is 0 Å². The van der Waals surface area contributed by atoms with Gasteiger partial charge in [-0.1, -0.05) is 42.5 Å². The van der Waals surface area contributed by atoms with Gasteiger partial charge in [0, 0.05) is 25.9 Å². The first-order valence-corrected chi connectivity index (χ1v) is 10.1. The molecule has 0 spiro atoms. The maximum atomic E-state index is 12.9. The summed E-state index contributed by atoms with van der Waals surface area (Å²) in [6, 6.07) is 18.2. The van der Waals surface area contributed by atoms with Gasteiger partial charge in [-0.2, -0.15) is 5.10 Å². The Hall–Kier alpha value is -2.99. The molecule has 142 valence electrons. The van der Waals surface area contributed by atoms with E-state index in [4.69, 9.17) is 0 Å². The lowest BCUT2D eigenvalue weighted by Crippen LogP contribution is -2.34. The van der Waals surface area contributed by atoms with E-state index in [0.717, 1.165) is 21.8 Å². The zero-order valence-electron chi connectivity index (χ0n) is 15.9. The summed E-state index contributed by atoms with van der Waals surface area (Å²) in [5, 5.41) is 8.43. The fourth-order valence-corrected chi connectivity index (χ4v) is 4.37. The normalized spacial score (nSPS) is 12.2.